The van der Waals surface area contributed by atoms with E-state index in [2.05, 4.69) is 5.32 Å². The van der Waals surface area contributed by atoms with Crippen molar-refractivity contribution < 1.29 is 32.2 Å². The minimum atomic E-state index is -4.40. The Bertz CT molecular complexity index is 959. The van der Waals surface area contributed by atoms with Crippen LogP contribution in [0.3, 0.4) is 0 Å². The summed E-state index contributed by atoms with van der Waals surface area (Å²) >= 11 is 0. The fourth-order valence-corrected chi connectivity index (χ4v) is 5.08. The van der Waals surface area contributed by atoms with Crippen LogP contribution in [0.1, 0.15) is 31.7 Å². The second-order valence-corrected chi connectivity index (χ2v) is 10.4. The molecule has 8 nitrogen and oxygen atoms in total. The molecule has 4 aliphatic rings. The van der Waals surface area contributed by atoms with Crippen LogP contribution in [0, 0.1) is 0 Å². The van der Waals surface area contributed by atoms with Crippen LogP contribution < -0.4 is 10.2 Å². The number of likely N-dealkylation sites (tertiary alicyclic amines) is 2. The number of morpholine rings is 1. The number of anilines is 1. The van der Waals surface area contributed by atoms with E-state index in [0.29, 0.717) is 45.7 Å². The second kappa shape index (κ2) is 8.85. The van der Waals surface area contributed by atoms with E-state index in [4.69, 9.17) is 9.47 Å². The number of halogens is 3. The normalized spacial score (nSPS) is 26.1. The van der Waals surface area contributed by atoms with E-state index >= 15 is 0 Å². The number of benzene rings is 1. The highest BCUT2D eigenvalue weighted by molar-refractivity contribution is 5.79. The van der Waals surface area contributed by atoms with Crippen molar-refractivity contribution in [2.45, 2.75) is 56.2 Å². The third-order valence-corrected chi connectivity index (χ3v) is 7.47. The molecular weight excluding hydrogens is 465 g/mol. The van der Waals surface area contributed by atoms with E-state index in [1.54, 1.807) is 4.90 Å². The van der Waals surface area contributed by atoms with Gasteiger partial charge in [-0.05, 0) is 38.0 Å². The van der Waals surface area contributed by atoms with Gasteiger partial charge in [-0.1, -0.05) is 12.1 Å². The number of nitrogens with one attached hydrogen (secondary N) is 1. The van der Waals surface area contributed by atoms with Gasteiger partial charge in [0.1, 0.15) is 6.61 Å². The molecule has 0 spiro atoms. The molecule has 0 unspecified atom stereocenters. The van der Waals surface area contributed by atoms with E-state index in [9.17, 15) is 22.8 Å². The summed E-state index contributed by atoms with van der Waals surface area (Å²) in [5.74, 6) is 0.114. The number of hydrogen-bond acceptors (Lipinski definition) is 5. The Labute approximate surface area is 202 Å². The first-order valence-electron chi connectivity index (χ1n) is 12.0. The third kappa shape index (κ3) is 4.80. The number of ether oxygens (including phenoxy) is 2. The van der Waals surface area contributed by atoms with Crippen molar-refractivity contribution in [1.82, 2.24) is 15.1 Å². The first-order valence-corrected chi connectivity index (χ1v) is 12.0. The average molecular weight is 497 g/mol. The van der Waals surface area contributed by atoms with Crippen LogP contribution >= 0.6 is 0 Å². The number of fused-ring (bicyclic) bond motifs is 1. The quantitative estimate of drug-likeness (QED) is 0.693. The van der Waals surface area contributed by atoms with Gasteiger partial charge in [0.05, 0.1) is 18.2 Å². The predicted octanol–water partition coefficient (Wildman–Crippen LogP) is 2.34. The molecular formula is C24H31F3N4O4. The summed E-state index contributed by atoms with van der Waals surface area (Å²) < 4.78 is 49.9. The maximum Gasteiger partial charge on any atom is 0.416 e. The topological polar surface area (TPSA) is 74.3 Å². The van der Waals surface area contributed by atoms with E-state index in [1.165, 1.54) is 0 Å². The number of rotatable bonds is 4. The largest absolute Gasteiger partial charge is 0.416 e. The van der Waals surface area contributed by atoms with Gasteiger partial charge in [0, 0.05) is 50.9 Å². The molecule has 0 bridgehead atoms. The van der Waals surface area contributed by atoms with Gasteiger partial charge in [0.2, 0.25) is 5.91 Å². The third-order valence-electron chi connectivity index (χ3n) is 7.47. The molecule has 192 valence electrons. The zero-order valence-corrected chi connectivity index (χ0v) is 19.9. The van der Waals surface area contributed by atoms with Gasteiger partial charge in [-0.25, -0.2) is 4.79 Å². The van der Waals surface area contributed by atoms with Crippen molar-refractivity contribution in [1.29, 1.82) is 0 Å². The fraction of sp³-hybridized carbons (Fsp3) is 0.667. The van der Waals surface area contributed by atoms with Crippen molar-refractivity contribution in [2.24, 2.45) is 0 Å². The van der Waals surface area contributed by atoms with Crippen LogP contribution in [0.5, 0.6) is 0 Å². The molecule has 4 fully saturated rings. The lowest BCUT2D eigenvalue weighted by Crippen LogP contribution is -2.63. The highest BCUT2D eigenvalue weighted by atomic mass is 19.4. The molecule has 2 atom stereocenters. The summed E-state index contributed by atoms with van der Waals surface area (Å²) in [6.45, 7) is 5.40. The second-order valence-electron chi connectivity index (χ2n) is 10.4. The monoisotopic (exact) mass is 496 g/mol. The van der Waals surface area contributed by atoms with Crippen molar-refractivity contribution in [3.63, 3.8) is 0 Å². The lowest BCUT2D eigenvalue weighted by molar-refractivity contribution is -0.278. The van der Waals surface area contributed by atoms with Crippen molar-refractivity contribution in [2.75, 3.05) is 50.8 Å². The SMILES string of the molecule is CC(C)(OC1CN(c2ccc(C3CN(C(=O)N4CC[C@@H]5OCC(=O)N[C@@H]5C4)C3)cc2)C1)C(F)(F)F. The van der Waals surface area contributed by atoms with Crippen LogP contribution in [-0.4, -0.2) is 97.6 Å². The number of nitrogens with zero attached hydrogens (tertiary/aromatic N) is 3. The molecule has 3 amide bonds. The summed E-state index contributed by atoms with van der Waals surface area (Å²) in [7, 11) is 0. The first-order chi connectivity index (χ1) is 16.5. The Morgan fingerprint density at radius 1 is 1.06 bits per heavy atom. The zero-order chi connectivity index (χ0) is 25.0. The highest BCUT2D eigenvalue weighted by Crippen LogP contribution is 2.36. The number of hydrogen-bond donors (Lipinski definition) is 1. The van der Waals surface area contributed by atoms with Crippen LogP contribution in [0.2, 0.25) is 0 Å². The molecule has 1 aromatic rings. The van der Waals surface area contributed by atoms with E-state index in [0.717, 1.165) is 25.1 Å². The maximum absolute atomic E-state index is 13.0. The van der Waals surface area contributed by atoms with E-state index in [-0.39, 0.29) is 36.6 Å². The van der Waals surface area contributed by atoms with Crippen molar-refractivity contribution >= 4 is 17.6 Å². The number of urea groups is 1. The molecule has 35 heavy (non-hydrogen) atoms. The predicted molar refractivity (Wildman–Crippen MR) is 121 cm³/mol. The van der Waals surface area contributed by atoms with Gasteiger partial charge in [-0.2, -0.15) is 13.2 Å². The highest BCUT2D eigenvalue weighted by Gasteiger charge is 2.51. The van der Waals surface area contributed by atoms with E-state index in [1.807, 2.05) is 34.1 Å². The molecule has 0 saturated carbocycles. The Morgan fingerprint density at radius 3 is 2.40 bits per heavy atom. The molecule has 0 aliphatic carbocycles. The molecule has 5 rings (SSSR count). The summed E-state index contributed by atoms with van der Waals surface area (Å²) in [5, 5.41) is 2.92. The summed E-state index contributed by atoms with van der Waals surface area (Å²) in [4.78, 5) is 30.1. The number of amides is 3. The smallest absolute Gasteiger partial charge is 0.366 e. The van der Waals surface area contributed by atoms with Crippen LogP contribution in [0.4, 0.5) is 23.7 Å². The minimum absolute atomic E-state index is 0.00968. The van der Waals surface area contributed by atoms with Gasteiger partial charge in [-0.15, -0.1) is 0 Å². The number of alkyl halides is 3. The molecule has 1 N–H and O–H groups in total. The molecule has 1 aromatic carbocycles. The molecule has 4 aliphatic heterocycles. The Balaban J connectivity index is 1.08. The van der Waals surface area contributed by atoms with Crippen molar-refractivity contribution in [3.05, 3.63) is 29.8 Å². The Morgan fingerprint density at radius 2 is 1.74 bits per heavy atom. The lowest BCUT2D eigenvalue weighted by atomic mass is 9.91. The van der Waals surface area contributed by atoms with Gasteiger partial charge in [0.15, 0.2) is 5.60 Å². The van der Waals surface area contributed by atoms with Gasteiger partial charge < -0.3 is 29.5 Å². The summed E-state index contributed by atoms with van der Waals surface area (Å²) in [6.07, 6.45) is -4.16. The Kier molecular flexibility index (Phi) is 6.11. The fourth-order valence-electron chi connectivity index (χ4n) is 5.08. The van der Waals surface area contributed by atoms with Crippen LogP contribution in [0.25, 0.3) is 0 Å². The summed E-state index contributed by atoms with van der Waals surface area (Å²) in [6, 6.07) is 7.84. The van der Waals surface area contributed by atoms with E-state index < -0.39 is 17.9 Å². The van der Waals surface area contributed by atoms with Gasteiger partial charge >= 0.3 is 12.2 Å². The van der Waals surface area contributed by atoms with Gasteiger partial charge in [0.25, 0.3) is 0 Å². The van der Waals surface area contributed by atoms with Crippen LogP contribution in [0.15, 0.2) is 24.3 Å². The standard InChI is InChI=1S/C24H31F3N4O4/c1-23(2,24(25,26)27)35-18-11-30(12-18)17-5-3-15(4-6-17)16-9-31(10-16)22(33)29-8-7-20-19(13-29)28-21(32)14-34-20/h3-6,16,18-20H,7-14H2,1-2H3,(H,28,32)/t19-,20+/m1/s1. The molecule has 11 heteroatoms. The Hall–Kier alpha value is -2.53. The van der Waals surface area contributed by atoms with Gasteiger partial charge in [-0.3, -0.25) is 4.79 Å². The maximum atomic E-state index is 13.0. The molecule has 4 heterocycles. The van der Waals surface area contributed by atoms with Crippen molar-refractivity contribution in [3.8, 4) is 0 Å². The molecule has 4 saturated heterocycles. The number of carbonyl (C=O) groups is 2. The average Bonchev–Trinajstić information content (AvgIpc) is 2.74. The number of carbonyl (C=O) groups excluding carboxylic acids is 2. The summed E-state index contributed by atoms with van der Waals surface area (Å²) in [5.41, 5.74) is -0.0731. The first kappa shape index (κ1) is 24.2. The number of piperidine rings is 1. The molecule has 0 radical (unpaired) electrons. The molecule has 0 aromatic heterocycles. The lowest BCUT2D eigenvalue weighted by Gasteiger charge is -2.46. The van der Waals surface area contributed by atoms with Crippen LogP contribution in [-0.2, 0) is 14.3 Å². The minimum Gasteiger partial charge on any atom is -0.366 e. The zero-order valence-electron chi connectivity index (χ0n) is 19.9.